The third kappa shape index (κ3) is 4.08. The molecule has 25 heavy (non-hydrogen) atoms. The summed E-state index contributed by atoms with van der Waals surface area (Å²) in [7, 11) is 1.54. The van der Waals surface area contributed by atoms with Crippen molar-refractivity contribution < 1.29 is 9.53 Å². The topological polar surface area (TPSA) is 67.0 Å². The Labute approximate surface area is 155 Å². The number of benzene rings is 2. The minimum absolute atomic E-state index is 0.137. The van der Waals surface area contributed by atoms with Gasteiger partial charge in [0.2, 0.25) is 5.91 Å². The van der Waals surface area contributed by atoms with Gasteiger partial charge < -0.3 is 15.0 Å². The van der Waals surface area contributed by atoms with Crippen LogP contribution in [0.4, 0.5) is 5.69 Å². The lowest BCUT2D eigenvalue weighted by molar-refractivity contribution is -0.113. The van der Waals surface area contributed by atoms with Gasteiger partial charge in [-0.15, -0.1) is 0 Å². The van der Waals surface area contributed by atoms with Gasteiger partial charge in [0.1, 0.15) is 5.75 Å². The Bertz CT molecular complexity index is 939. The monoisotopic (exact) mass is 375 g/mol. The van der Waals surface area contributed by atoms with Gasteiger partial charge in [-0.2, -0.15) is 0 Å². The number of thioether (sulfide) groups is 1. The van der Waals surface area contributed by atoms with Gasteiger partial charge in [-0.05, 0) is 43.2 Å². The average Bonchev–Trinajstić information content (AvgIpc) is 2.98. The Morgan fingerprint density at radius 2 is 2.12 bits per heavy atom. The molecule has 0 saturated carbocycles. The molecule has 0 atom stereocenters. The number of carbonyl (C=O) groups is 1. The molecule has 0 aliphatic rings. The minimum Gasteiger partial charge on any atom is -0.495 e. The Balaban J connectivity index is 1.67. The van der Waals surface area contributed by atoms with Crippen molar-refractivity contribution >= 4 is 46.0 Å². The molecule has 0 fully saturated rings. The zero-order valence-corrected chi connectivity index (χ0v) is 15.7. The SMILES string of the molecule is COc1cc(Cl)c(C)cc1NC(=O)CSc1nc2ccc(C)cc2[nH]1. The molecule has 130 valence electrons. The van der Waals surface area contributed by atoms with E-state index in [9.17, 15) is 4.79 Å². The maximum absolute atomic E-state index is 12.3. The summed E-state index contributed by atoms with van der Waals surface area (Å²) in [5, 5.41) is 4.17. The van der Waals surface area contributed by atoms with Crippen molar-refractivity contribution in [2.45, 2.75) is 19.0 Å². The van der Waals surface area contributed by atoms with Gasteiger partial charge in [0.25, 0.3) is 0 Å². The molecule has 0 bridgehead atoms. The summed E-state index contributed by atoms with van der Waals surface area (Å²) in [6.07, 6.45) is 0. The fraction of sp³-hybridized carbons (Fsp3) is 0.222. The number of aromatic nitrogens is 2. The predicted molar refractivity (Wildman–Crippen MR) is 103 cm³/mol. The fourth-order valence-corrected chi connectivity index (χ4v) is 3.26. The Kier molecular flexibility index (Phi) is 5.20. The second-order valence-electron chi connectivity index (χ2n) is 5.70. The standard InChI is InChI=1S/C18H18ClN3O2S/c1-10-4-5-13-14(6-10)22-18(21-13)25-9-17(23)20-15-7-11(2)12(19)8-16(15)24-3/h4-8H,9H2,1-3H3,(H,20,23)(H,21,22). The van der Waals surface area contributed by atoms with Crippen LogP contribution in [0, 0.1) is 13.8 Å². The molecular weight excluding hydrogens is 358 g/mol. The predicted octanol–water partition coefficient (Wildman–Crippen LogP) is 4.57. The molecule has 1 heterocycles. The van der Waals surface area contributed by atoms with Crippen molar-refractivity contribution in [3.05, 3.63) is 46.5 Å². The number of anilines is 1. The largest absolute Gasteiger partial charge is 0.495 e. The Hall–Kier alpha value is -2.18. The molecule has 0 aliphatic heterocycles. The van der Waals surface area contributed by atoms with E-state index < -0.39 is 0 Å². The highest BCUT2D eigenvalue weighted by atomic mass is 35.5. The first-order valence-corrected chi connectivity index (χ1v) is 9.06. The third-order valence-electron chi connectivity index (χ3n) is 3.71. The summed E-state index contributed by atoms with van der Waals surface area (Å²) in [6.45, 7) is 3.91. The number of H-pyrrole nitrogens is 1. The van der Waals surface area contributed by atoms with E-state index >= 15 is 0 Å². The molecule has 3 aromatic rings. The molecule has 0 unspecified atom stereocenters. The number of fused-ring (bicyclic) bond motifs is 1. The molecule has 7 heteroatoms. The first-order chi connectivity index (χ1) is 12.0. The number of aryl methyl sites for hydroxylation is 2. The van der Waals surface area contributed by atoms with Gasteiger partial charge in [0.15, 0.2) is 5.16 Å². The lowest BCUT2D eigenvalue weighted by atomic mass is 10.2. The second kappa shape index (κ2) is 7.37. The lowest BCUT2D eigenvalue weighted by Gasteiger charge is -2.12. The van der Waals surface area contributed by atoms with Crippen LogP contribution in [0.1, 0.15) is 11.1 Å². The molecule has 0 aliphatic carbocycles. The quantitative estimate of drug-likeness (QED) is 0.641. The molecule has 2 aromatic carbocycles. The van der Waals surface area contributed by atoms with Crippen LogP contribution in [-0.4, -0.2) is 28.7 Å². The van der Waals surface area contributed by atoms with E-state index in [1.165, 1.54) is 11.8 Å². The van der Waals surface area contributed by atoms with Gasteiger partial charge in [-0.25, -0.2) is 4.98 Å². The number of methoxy groups -OCH3 is 1. The van der Waals surface area contributed by atoms with Gasteiger partial charge in [0.05, 0.1) is 29.6 Å². The number of hydrogen-bond acceptors (Lipinski definition) is 4. The number of amides is 1. The minimum atomic E-state index is -0.137. The number of nitrogens with zero attached hydrogens (tertiary/aromatic N) is 1. The summed E-state index contributed by atoms with van der Waals surface area (Å²) in [4.78, 5) is 20.0. The summed E-state index contributed by atoms with van der Waals surface area (Å²) in [6, 6.07) is 9.51. The normalized spacial score (nSPS) is 10.9. The van der Waals surface area contributed by atoms with Crippen LogP contribution in [0.3, 0.4) is 0 Å². The van der Waals surface area contributed by atoms with Crippen LogP contribution in [0.2, 0.25) is 5.02 Å². The molecule has 0 radical (unpaired) electrons. The highest BCUT2D eigenvalue weighted by Crippen LogP contribution is 2.31. The van der Waals surface area contributed by atoms with E-state index in [-0.39, 0.29) is 11.7 Å². The number of aromatic amines is 1. The lowest BCUT2D eigenvalue weighted by Crippen LogP contribution is -2.15. The van der Waals surface area contributed by atoms with E-state index in [4.69, 9.17) is 16.3 Å². The smallest absolute Gasteiger partial charge is 0.234 e. The molecule has 0 spiro atoms. The maximum atomic E-state index is 12.3. The number of ether oxygens (including phenoxy) is 1. The van der Waals surface area contributed by atoms with Gasteiger partial charge in [-0.3, -0.25) is 4.79 Å². The molecular formula is C18H18ClN3O2S. The van der Waals surface area contributed by atoms with Crippen LogP contribution in [0.15, 0.2) is 35.5 Å². The van der Waals surface area contributed by atoms with Gasteiger partial charge in [0, 0.05) is 11.1 Å². The van der Waals surface area contributed by atoms with Gasteiger partial charge in [-0.1, -0.05) is 29.4 Å². The van der Waals surface area contributed by atoms with Crippen LogP contribution in [0.5, 0.6) is 5.75 Å². The number of nitrogens with one attached hydrogen (secondary N) is 2. The maximum Gasteiger partial charge on any atom is 0.234 e. The molecule has 2 N–H and O–H groups in total. The third-order valence-corrected chi connectivity index (χ3v) is 4.99. The Morgan fingerprint density at radius 1 is 1.32 bits per heavy atom. The van der Waals surface area contributed by atoms with Crippen molar-refractivity contribution in [3.63, 3.8) is 0 Å². The average molecular weight is 376 g/mol. The van der Waals surface area contributed by atoms with Crippen molar-refractivity contribution in [1.82, 2.24) is 9.97 Å². The zero-order chi connectivity index (χ0) is 18.0. The second-order valence-corrected chi connectivity index (χ2v) is 7.07. The molecule has 1 aromatic heterocycles. The highest BCUT2D eigenvalue weighted by Gasteiger charge is 2.12. The first kappa shape index (κ1) is 17.6. The number of carbonyl (C=O) groups excluding carboxylic acids is 1. The molecule has 5 nitrogen and oxygen atoms in total. The molecule has 0 saturated heterocycles. The van der Waals surface area contributed by atoms with E-state index in [1.807, 2.05) is 32.0 Å². The van der Waals surface area contributed by atoms with E-state index in [0.717, 1.165) is 27.3 Å². The van der Waals surface area contributed by atoms with E-state index in [2.05, 4.69) is 15.3 Å². The van der Waals surface area contributed by atoms with Crippen molar-refractivity contribution in [1.29, 1.82) is 0 Å². The summed E-state index contributed by atoms with van der Waals surface area (Å²) >= 11 is 7.44. The van der Waals surface area contributed by atoms with Crippen LogP contribution < -0.4 is 10.1 Å². The number of rotatable bonds is 5. The summed E-state index contributed by atoms with van der Waals surface area (Å²) in [5.41, 5.74) is 4.50. The number of imidazole rings is 1. The number of halogens is 1. The van der Waals surface area contributed by atoms with E-state index in [1.54, 1.807) is 19.2 Å². The first-order valence-electron chi connectivity index (χ1n) is 7.69. The fourth-order valence-electron chi connectivity index (χ4n) is 2.42. The molecule has 1 amide bonds. The van der Waals surface area contributed by atoms with Crippen molar-refractivity contribution in [2.75, 3.05) is 18.2 Å². The van der Waals surface area contributed by atoms with E-state index in [0.29, 0.717) is 16.5 Å². The van der Waals surface area contributed by atoms with Crippen molar-refractivity contribution in [3.8, 4) is 5.75 Å². The van der Waals surface area contributed by atoms with Gasteiger partial charge >= 0.3 is 0 Å². The zero-order valence-electron chi connectivity index (χ0n) is 14.1. The number of hydrogen-bond donors (Lipinski definition) is 2. The summed E-state index contributed by atoms with van der Waals surface area (Å²) in [5.74, 6) is 0.638. The van der Waals surface area contributed by atoms with Crippen LogP contribution in [-0.2, 0) is 4.79 Å². The van der Waals surface area contributed by atoms with Crippen LogP contribution >= 0.6 is 23.4 Å². The highest BCUT2D eigenvalue weighted by molar-refractivity contribution is 7.99. The Morgan fingerprint density at radius 3 is 2.88 bits per heavy atom. The summed E-state index contributed by atoms with van der Waals surface area (Å²) < 4.78 is 5.27. The van der Waals surface area contributed by atoms with Crippen LogP contribution in [0.25, 0.3) is 11.0 Å². The molecule has 3 rings (SSSR count). The van der Waals surface area contributed by atoms with Crippen molar-refractivity contribution in [2.24, 2.45) is 0 Å².